The van der Waals surface area contributed by atoms with Gasteiger partial charge in [-0.3, -0.25) is 0 Å². The average molecular weight is 392 g/mol. The second-order valence-electron chi connectivity index (χ2n) is 6.84. The molecular formula is C19H18F6O2. The lowest BCUT2D eigenvalue weighted by Gasteiger charge is -2.33. The lowest BCUT2D eigenvalue weighted by molar-refractivity contribution is -0.163. The molecule has 1 aromatic rings. The summed E-state index contributed by atoms with van der Waals surface area (Å²) in [4.78, 5) is 0. The number of halogens is 6. The first kappa shape index (κ1) is 20.0. The molecule has 1 fully saturated rings. The molecule has 0 aromatic heterocycles. The molecule has 1 aliphatic carbocycles. The summed E-state index contributed by atoms with van der Waals surface area (Å²) in [6.45, 7) is 1.96. The number of benzene rings is 1. The molecule has 1 heterocycles. The number of hydrogen-bond acceptors (Lipinski definition) is 2. The van der Waals surface area contributed by atoms with Crippen molar-refractivity contribution >= 4 is 5.57 Å². The summed E-state index contributed by atoms with van der Waals surface area (Å²) in [5.41, 5.74) is 1.57. The monoisotopic (exact) mass is 392 g/mol. The SMILES string of the molecule is CC(=C=C(c1ccc2c(c1)CCC1(C2)OCCO1)C(F)(F)F)CC(F)(F)F. The zero-order valence-corrected chi connectivity index (χ0v) is 14.6. The summed E-state index contributed by atoms with van der Waals surface area (Å²) < 4.78 is 88.9. The van der Waals surface area contributed by atoms with Gasteiger partial charge in [0.05, 0.1) is 19.6 Å². The molecule has 0 saturated carbocycles. The van der Waals surface area contributed by atoms with E-state index in [4.69, 9.17) is 9.47 Å². The Balaban J connectivity index is 1.97. The Morgan fingerprint density at radius 3 is 2.33 bits per heavy atom. The molecule has 8 heteroatoms. The Bertz CT molecular complexity index is 778. The van der Waals surface area contributed by atoms with Crippen LogP contribution in [0.2, 0.25) is 0 Å². The van der Waals surface area contributed by atoms with Crippen molar-refractivity contribution < 1.29 is 35.8 Å². The Labute approximate surface area is 152 Å². The molecule has 0 bridgehead atoms. The molecular weight excluding hydrogens is 374 g/mol. The third kappa shape index (κ3) is 4.75. The molecule has 1 aliphatic heterocycles. The highest BCUT2D eigenvalue weighted by Gasteiger charge is 2.41. The predicted octanol–water partition coefficient (Wildman–Crippen LogP) is 5.36. The van der Waals surface area contributed by atoms with Crippen molar-refractivity contribution in [3.8, 4) is 0 Å². The van der Waals surface area contributed by atoms with Gasteiger partial charge in [0.1, 0.15) is 5.57 Å². The molecule has 1 aromatic carbocycles. The largest absolute Gasteiger partial charge is 0.424 e. The standard InChI is InChI=1S/C19H18F6O2/c1-12(10-18(20,21)22)8-16(19(23,24)25)14-2-3-15-11-17(26-6-7-27-17)5-4-13(15)9-14/h2-3,9H,4-7,10-11H2,1H3. The van der Waals surface area contributed by atoms with E-state index in [1.807, 2.05) is 5.73 Å². The number of allylic oxidation sites excluding steroid dienone is 1. The van der Waals surface area contributed by atoms with Crippen LogP contribution in [0.25, 0.3) is 5.57 Å². The predicted molar refractivity (Wildman–Crippen MR) is 85.9 cm³/mol. The molecule has 2 aliphatic rings. The molecule has 27 heavy (non-hydrogen) atoms. The molecule has 3 rings (SSSR count). The minimum atomic E-state index is -4.81. The van der Waals surface area contributed by atoms with Gasteiger partial charge in [-0.15, -0.1) is 5.73 Å². The zero-order valence-electron chi connectivity index (χ0n) is 14.6. The quantitative estimate of drug-likeness (QED) is 0.498. The zero-order chi connectivity index (χ0) is 19.9. The van der Waals surface area contributed by atoms with Gasteiger partial charge in [-0.2, -0.15) is 26.3 Å². The van der Waals surface area contributed by atoms with E-state index < -0.39 is 35.7 Å². The highest BCUT2D eigenvalue weighted by molar-refractivity contribution is 5.70. The molecule has 0 atom stereocenters. The minimum Gasteiger partial charge on any atom is -0.347 e. The molecule has 1 saturated heterocycles. The van der Waals surface area contributed by atoms with E-state index in [9.17, 15) is 26.3 Å². The van der Waals surface area contributed by atoms with Gasteiger partial charge in [-0.1, -0.05) is 18.2 Å². The molecule has 0 unspecified atom stereocenters. The Morgan fingerprint density at radius 1 is 1.07 bits per heavy atom. The maximum atomic E-state index is 13.4. The fourth-order valence-electron chi connectivity index (χ4n) is 3.50. The van der Waals surface area contributed by atoms with E-state index >= 15 is 0 Å². The van der Waals surface area contributed by atoms with Crippen LogP contribution in [-0.2, 0) is 22.3 Å². The maximum Gasteiger partial charge on any atom is 0.424 e. The van der Waals surface area contributed by atoms with Gasteiger partial charge in [0.2, 0.25) is 0 Å². The third-order valence-corrected chi connectivity index (χ3v) is 4.63. The van der Waals surface area contributed by atoms with Gasteiger partial charge in [-0.25, -0.2) is 0 Å². The lowest BCUT2D eigenvalue weighted by atomic mass is 9.85. The van der Waals surface area contributed by atoms with Crippen molar-refractivity contribution in [3.63, 3.8) is 0 Å². The van der Waals surface area contributed by atoms with Gasteiger partial charge in [0, 0.05) is 12.8 Å². The highest BCUT2D eigenvalue weighted by atomic mass is 19.4. The minimum absolute atomic E-state index is 0.188. The summed E-state index contributed by atoms with van der Waals surface area (Å²) >= 11 is 0. The van der Waals surface area contributed by atoms with E-state index in [1.165, 1.54) is 12.1 Å². The first-order valence-electron chi connectivity index (χ1n) is 8.48. The van der Waals surface area contributed by atoms with E-state index in [1.54, 1.807) is 6.07 Å². The van der Waals surface area contributed by atoms with E-state index in [2.05, 4.69) is 0 Å². The molecule has 148 valence electrons. The summed E-state index contributed by atoms with van der Waals surface area (Å²) in [6.07, 6.45) is -9.39. The fourth-order valence-corrected chi connectivity index (χ4v) is 3.50. The fraction of sp³-hybridized carbons (Fsp3) is 0.526. The summed E-state index contributed by atoms with van der Waals surface area (Å²) in [5, 5.41) is 0. The van der Waals surface area contributed by atoms with Crippen LogP contribution in [-0.4, -0.2) is 31.4 Å². The van der Waals surface area contributed by atoms with Crippen LogP contribution >= 0.6 is 0 Å². The topological polar surface area (TPSA) is 18.5 Å². The molecule has 0 radical (unpaired) electrons. The van der Waals surface area contributed by atoms with Crippen LogP contribution in [0.3, 0.4) is 0 Å². The van der Waals surface area contributed by atoms with Gasteiger partial charge < -0.3 is 9.47 Å². The number of aryl methyl sites for hydroxylation is 1. The van der Waals surface area contributed by atoms with Crippen molar-refractivity contribution in [1.29, 1.82) is 0 Å². The molecule has 2 nitrogen and oxygen atoms in total. The van der Waals surface area contributed by atoms with Crippen molar-refractivity contribution in [3.05, 3.63) is 46.2 Å². The van der Waals surface area contributed by atoms with E-state index in [0.29, 0.717) is 38.0 Å². The van der Waals surface area contributed by atoms with Crippen molar-refractivity contribution in [2.45, 2.75) is 50.7 Å². The van der Waals surface area contributed by atoms with E-state index in [0.717, 1.165) is 12.5 Å². The molecule has 0 amide bonds. The van der Waals surface area contributed by atoms with Gasteiger partial charge in [-0.05, 0) is 35.6 Å². The van der Waals surface area contributed by atoms with Crippen LogP contribution in [0.4, 0.5) is 26.3 Å². The summed E-state index contributed by atoms with van der Waals surface area (Å²) in [7, 11) is 0. The summed E-state index contributed by atoms with van der Waals surface area (Å²) in [5.74, 6) is -0.708. The smallest absolute Gasteiger partial charge is 0.347 e. The molecule has 0 N–H and O–H groups in total. The van der Waals surface area contributed by atoms with Crippen molar-refractivity contribution in [1.82, 2.24) is 0 Å². The number of alkyl halides is 6. The van der Waals surface area contributed by atoms with Crippen LogP contribution in [0.15, 0.2) is 29.5 Å². The highest BCUT2D eigenvalue weighted by Crippen LogP contribution is 2.39. The average Bonchev–Trinajstić information content (AvgIpc) is 2.97. The van der Waals surface area contributed by atoms with Gasteiger partial charge >= 0.3 is 12.4 Å². The second-order valence-corrected chi connectivity index (χ2v) is 6.84. The van der Waals surface area contributed by atoms with Crippen LogP contribution < -0.4 is 0 Å². The Kier molecular flexibility index (Phi) is 5.18. The number of fused-ring (bicyclic) bond motifs is 1. The second kappa shape index (κ2) is 7.00. The number of rotatable bonds is 2. The van der Waals surface area contributed by atoms with Crippen LogP contribution in [0, 0.1) is 0 Å². The van der Waals surface area contributed by atoms with E-state index in [-0.39, 0.29) is 5.56 Å². The normalized spacial score (nSPS) is 18.9. The van der Waals surface area contributed by atoms with Crippen LogP contribution in [0.1, 0.15) is 36.5 Å². The number of ether oxygens (including phenoxy) is 2. The summed E-state index contributed by atoms with van der Waals surface area (Å²) in [6, 6.07) is 4.21. The maximum absolute atomic E-state index is 13.4. The van der Waals surface area contributed by atoms with Crippen LogP contribution in [0.5, 0.6) is 0 Å². The molecule has 1 spiro atoms. The van der Waals surface area contributed by atoms with Crippen molar-refractivity contribution in [2.24, 2.45) is 0 Å². The van der Waals surface area contributed by atoms with Gasteiger partial charge in [0.15, 0.2) is 5.79 Å². The third-order valence-electron chi connectivity index (χ3n) is 4.63. The Hall–Kier alpha value is -1.76. The first-order valence-corrected chi connectivity index (χ1v) is 8.48. The number of hydrogen-bond donors (Lipinski definition) is 0. The first-order chi connectivity index (χ1) is 12.5. The van der Waals surface area contributed by atoms with Gasteiger partial charge in [0.25, 0.3) is 0 Å². The Morgan fingerprint density at radius 2 is 1.74 bits per heavy atom. The lowest BCUT2D eigenvalue weighted by Crippen LogP contribution is -2.37. The van der Waals surface area contributed by atoms with Crippen molar-refractivity contribution in [2.75, 3.05) is 13.2 Å².